The first-order valence-corrected chi connectivity index (χ1v) is 7.44. The van der Waals surface area contributed by atoms with Gasteiger partial charge in [-0.05, 0) is 19.3 Å². The number of rotatable bonds is 8. The van der Waals surface area contributed by atoms with Gasteiger partial charge in [0.15, 0.2) is 0 Å². The van der Waals surface area contributed by atoms with Crippen molar-refractivity contribution in [2.75, 3.05) is 39.9 Å². The van der Waals surface area contributed by atoms with Crippen molar-refractivity contribution in [2.24, 2.45) is 0 Å². The summed E-state index contributed by atoms with van der Waals surface area (Å²) in [6.07, 6.45) is 3.31. The lowest BCUT2D eigenvalue weighted by molar-refractivity contribution is -0.132. The average molecular weight is 285 g/mol. The summed E-state index contributed by atoms with van der Waals surface area (Å²) in [5.74, 6) is 0.181. The molecular weight excluding hydrogens is 258 g/mol. The van der Waals surface area contributed by atoms with Crippen LogP contribution in [0.3, 0.4) is 0 Å². The fourth-order valence-corrected chi connectivity index (χ4v) is 2.33. The molecule has 6 heteroatoms. The molecular formula is C14H27N3O3. The molecule has 6 nitrogen and oxygen atoms in total. The highest BCUT2D eigenvalue weighted by molar-refractivity contribution is 5.79. The summed E-state index contributed by atoms with van der Waals surface area (Å²) in [5, 5.41) is 6.06. The second-order valence-electron chi connectivity index (χ2n) is 5.17. The first-order chi connectivity index (χ1) is 9.67. The lowest BCUT2D eigenvalue weighted by atomic mass is 10.1. The average Bonchev–Trinajstić information content (AvgIpc) is 2.44. The molecule has 20 heavy (non-hydrogen) atoms. The van der Waals surface area contributed by atoms with Crippen LogP contribution < -0.4 is 10.6 Å². The summed E-state index contributed by atoms with van der Waals surface area (Å²) < 4.78 is 4.92. The molecule has 0 saturated carbocycles. The molecule has 0 aromatic heterocycles. The number of methoxy groups -OCH3 is 1. The topological polar surface area (TPSA) is 70.7 Å². The van der Waals surface area contributed by atoms with Gasteiger partial charge in [-0.2, -0.15) is 0 Å². The molecule has 1 aliphatic heterocycles. The highest BCUT2D eigenvalue weighted by atomic mass is 16.5. The fourth-order valence-electron chi connectivity index (χ4n) is 2.33. The number of ether oxygens (including phenoxy) is 1. The molecule has 1 aliphatic rings. The lowest BCUT2D eigenvalue weighted by Gasteiger charge is -2.33. The number of hydrogen-bond donors (Lipinski definition) is 2. The first kappa shape index (κ1) is 16.9. The molecule has 1 fully saturated rings. The normalized spacial score (nSPS) is 18.9. The molecule has 1 unspecified atom stereocenters. The van der Waals surface area contributed by atoms with E-state index in [0.29, 0.717) is 32.7 Å². The molecule has 0 aromatic rings. The van der Waals surface area contributed by atoms with Crippen molar-refractivity contribution in [3.8, 4) is 0 Å². The van der Waals surface area contributed by atoms with Crippen molar-refractivity contribution in [2.45, 2.75) is 38.6 Å². The second-order valence-corrected chi connectivity index (χ2v) is 5.17. The van der Waals surface area contributed by atoms with E-state index in [1.165, 1.54) is 0 Å². The fraction of sp³-hybridized carbons (Fsp3) is 0.857. The Hall–Kier alpha value is -1.14. The van der Waals surface area contributed by atoms with Gasteiger partial charge in [0.1, 0.15) is 0 Å². The first-order valence-electron chi connectivity index (χ1n) is 7.44. The third-order valence-electron chi connectivity index (χ3n) is 3.38. The van der Waals surface area contributed by atoms with Gasteiger partial charge in [0.05, 0.1) is 13.2 Å². The van der Waals surface area contributed by atoms with Gasteiger partial charge in [-0.15, -0.1) is 0 Å². The Labute approximate surface area is 121 Å². The van der Waals surface area contributed by atoms with Gasteiger partial charge in [-0.25, -0.2) is 0 Å². The van der Waals surface area contributed by atoms with E-state index in [2.05, 4.69) is 10.6 Å². The molecule has 0 aromatic carbocycles. The van der Waals surface area contributed by atoms with Crippen molar-refractivity contribution in [1.82, 2.24) is 15.5 Å². The van der Waals surface area contributed by atoms with Crippen molar-refractivity contribution in [3.63, 3.8) is 0 Å². The molecule has 1 rings (SSSR count). The summed E-state index contributed by atoms with van der Waals surface area (Å²) in [5.41, 5.74) is 0. The van der Waals surface area contributed by atoms with Crippen LogP contribution in [0, 0.1) is 0 Å². The Bertz CT molecular complexity index is 310. The lowest BCUT2D eigenvalue weighted by Crippen LogP contribution is -2.51. The maximum absolute atomic E-state index is 12.0. The van der Waals surface area contributed by atoms with E-state index in [1.54, 1.807) is 7.11 Å². The highest BCUT2D eigenvalue weighted by Crippen LogP contribution is 2.10. The van der Waals surface area contributed by atoms with Crippen LogP contribution in [0.2, 0.25) is 0 Å². The van der Waals surface area contributed by atoms with Crippen molar-refractivity contribution >= 4 is 11.8 Å². The Morgan fingerprint density at radius 2 is 2.20 bits per heavy atom. The number of nitrogens with zero attached hydrogens (tertiary/aromatic N) is 1. The molecule has 116 valence electrons. The van der Waals surface area contributed by atoms with Crippen LogP contribution >= 0.6 is 0 Å². The molecule has 2 amide bonds. The molecule has 0 spiro atoms. The van der Waals surface area contributed by atoms with Gasteiger partial charge in [0, 0.05) is 39.2 Å². The zero-order valence-corrected chi connectivity index (χ0v) is 12.6. The third kappa shape index (κ3) is 6.34. The van der Waals surface area contributed by atoms with E-state index in [4.69, 9.17) is 4.74 Å². The number of amides is 2. The van der Waals surface area contributed by atoms with E-state index in [1.807, 2.05) is 11.8 Å². The van der Waals surface area contributed by atoms with E-state index < -0.39 is 0 Å². The minimum atomic E-state index is 0.0880. The SMILES string of the molecule is CCCC(=O)NC1CCCN(C(=O)CNCCOC)C1. The molecule has 1 saturated heterocycles. The Kier molecular flexibility index (Phi) is 8.22. The number of hydrogen-bond acceptors (Lipinski definition) is 4. The number of carbonyl (C=O) groups is 2. The summed E-state index contributed by atoms with van der Waals surface area (Å²) in [6.45, 7) is 5.00. The van der Waals surface area contributed by atoms with Crippen molar-refractivity contribution in [1.29, 1.82) is 0 Å². The Balaban J connectivity index is 2.28. The van der Waals surface area contributed by atoms with Crippen LogP contribution in [0.4, 0.5) is 0 Å². The molecule has 1 heterocycles. The van der Waals surface area contributed by atoms with E-state index in [9.17, 15) is 9.59 Å². The zero-order valence-electron chi connectivity index (χ0n) is 12.6. The van der Waals surface area contributed by atoms with Crippen LogP contribution in [0.5, 0.6) is 0 Å². The monoisotopic (exact) mass is 285 g/mol. The van der Waals surface area contributed by atoms with Crippen molar-refractivity contribution in [3.05, 3.63) is 0 Å². The maximum atomic E-state index is 12.0. The summed E-state index contributed by atoms with van der Waals surface area (Å²) >= 11 is 0. The Morgan fingerprint density at radius 3 is 2.90 bits per heavy atom. The molecule has 2 N–H and O–H groups in total. The van der Waals surface area contributed by atoms with Gasteiger partial charge in [-0.3, -0.25) is 9.59 Å². The number of piperidine rings is 1. The van der Waals surface area contributed by atoms with Crippen molar-refractivity contribution < 1.29 is 14.3 Å². The van der Waals surface area contributed by atoms with E-state index >= 15 is 0 Å². The predicted molar refractivity (Wildman–Crippen MR) is 77.4 cm³/mol. The minimum Gasteiger partial charge on any atom is -0.383 e. The quantitative estimate of drug-likeness (QED) is 0.622. The summed E-state index contributed by atoms with van der Waals surface area (Å²) in [6, 6.07) is 0.103. The maximum Gasteiger partial charge on any atom is 0.236 e. The zero-order chi connectivity index (χ0) is 14.8. The minimum absolute atomic E-state index is 0.0880. The molecule has 0 bridgehead atoms. The van der Waals surface area contributed by atoms with Crippen LogP contribution in [0.15, 0.2) is 0 Å². The van der Waals surface area contributed by atoms with Crippen LogP contribution in [0.25, 0.3) is 0 Å². The van der Waals surface area contributed by atoms with Gasteiger partial charge >= 0.3 is 0 Å². The van der Waals surface area contributed by atoms with E-state index in [-0.39, 0.29) is 17.9 Å². The number of nitrogens with one attached hydrogen (secondary N) is 2. The molecule has 1 atom stereocenters. The predicted octanol–water partition coefficient (Wildman–Crippen LogP) is 0.130. The Morgan fingerprint density at radius 1 is 1.40 bits per heavy atom. The van der Waals surface area contributed by atoms with Crippen LogP contribution in [-0.4, -0.2) is 62.7 Å². The molecule has 0 radical (unpaired) electrons. The third-order valence-corrected chi connectivity index (χ3v) is 3.38. The molecule has 0 aliphatic carbocycles. The van der Waals surface area contributed by atoms with E-state index in [0.717, 1.165) is 25.8 Å². The van der Waals surface area contributed by atoms with Gasteiger partial charge in [-0.1, -0.05) is 6.92 Å². The largest absolute Gasteiger partial charge is 0.383 e. The number of likely N-dealkylation sites (tertiary alicyclic amines) is 1. The van der Waals surface area contributed by atoms with Gasteiger partial charge in [0.2, 0.25) is 11.8 Å². The van der Waals surface area contributed by atoms with Crippen LogP contribution in [0.1, 0.15) is 32.6 Å². The van der Waals surface area contributed by atoms with Crippen LogP contribution in [-0.2, 0) is 14.3 Å². The highest BCUT2D eigenvalue weighted by Gasteiger charge is 2.24. The summed E-state index contributed by atoms with van der Waals surface area (Å²) in [4.78, 5) is 25.5. The standard InChI is InChI=1S/C14H27N3O3/c1-3-5-13(18)16-12-6-4-8-17(11-12)14(19)10-15-7-9-20-2/h12,15H,3-11H2,1-2H3,(H,16,18). The number of carbonyl (C=O) groups excluding carboxylic acids is 2. The summed E-state index contributed by atoms with van der Waals surface area (Å²) in [7, 11) is 1.64. The van der Waals surface area contributed by atoms with Gasteiger partial charge < -0.3 is 20.3 Å². The second kappa shape index (κ2) is 9.72. The smallest absolute Gasteiger partial charge is 0.236 e. The van der Waals surface area contributed by atoms with Gasteiger partial charge in [0.25, 0.3) is 0 Å².